The Morgan fingerprint density at radius 2 is 2.15 bits per heavy atom. The number of benzene rings is 1. The largest absolute Gasteiger partial charge is 0.492 e. The Labute approximate surface area is 125 Å². The third-order valence-corrected chi connectivity index (χ3v) is 3.27. The number of pyridine rings is 1. The van der Waals surface area contributed by atoms with E-state index in [0.717, 1.165) is 6.42 Å². The predicted molar refractivity (Wildman–Crippen MR) is 78.2 cm³/mol. The molecule has 1 unspecified atom stereocenters. The number of hydrogen-bond donors (Lipinski definition) is 1. The molecule has 0 amide bonds. The van der Waals surface area contributed by atoms with Gasteiger partial charge in [0.25, 0.3) is 0 Å². The summed E-state index contributed by atoms with van der Waals surface area (Å²) in [5.74, 6) is 0.111. The highest BCUT2D eigenvalue weighted by molar-refractivity contribution is 9.10. The standard InChI is InChI=1S/C15H15BrFNO2/c1-2-5-20-12-6-10(8-18-9-12)15(19)13-7-11(16)3-4-14(13)17/h3-4,6-9,15,19H,2,5H2,1H3. The number of ether oxygens (including phenoxy) is 1. The molecule has 0 saturated heterocycles. The predicted octanol–water partition coefficient (Wildman–Crippen LogP) is 3.85. The highest BCUT2D eigenvalue weighted by Crippen LogP contribution is 2.28. The molecule has 0 aliphatic heterocycles. The van der Waals surface area contributed by atoms with Crippen molar-refractivity contribution in [3.8, 4) is 5.75 Å². The Kier molecular flexibility index (Phi) is 5.09. The van der Waals surface area contributed by atoms with Gasteiger partial charge in [0, 0.05) is 21.8 Å². The lowest BCUT2D eigenvalue weighted by Crippen LogP contribution is -2.04. The number of aromatic nitrogens is 1. The molecule has 0 aliphatic carbocycles. The molecule has 1 atom stereocenters. The molecule has 0 saturated carbocycles. The third-order valence-electron chi connectivity index (χ3n) is 2.78. The van der Waals surface area contributed by atoms with Gasteiger partial charge in [0.1, 0.15) is 17.7 Å². The van der Waals surface area contributed by atoms with E-state index in [2.05, 4.69) is 20.9 Å². The molecule has 0 radical (unpaired) electrons. The van der Waals surface area contributed by atoms with Gasteiger partial charge in [-0.25, -0.2) is 4.39 Å². The maximum absolute atomic E-state index is 13.8. The van der Waals surface area contributed by atoms with Crippen molar-refractivity contribution in [3.63, 3.8) is 0 Å². The zero-order valence-corrected chi connectivity index (χ0v) is 12.6. The van der Waals surface area contributed by atoms with E-state index in [4.69, 9.17) is 4.74 Å². The molecule has 0 spiro atoms. The van der Waals surface area contributed by atoms with Crippen LogP contribution in [-0.2, 0) is 0 Å². The average molecular weight is 340 g/mol. The van der Waals surface area contributed by atoms with Crippen molar-refractivity contribution >= 4 is 15.9 Å². The first-order valence-electron chi connectivity index (χ1n) is 6.32. The lowest BCUT2D eigenvalue weighted by Gasteiger charge is -2.14. The number of halogens is 2. The summed E-state index contributed by atoms with van der Waals surface area (Å²) in [6, 6.07) is 6.13. The van der Waals surface area contributed by atoms with E-state index in [1.165, 1.54) is 12.3 Å². The minimum Gasteiger partial charge on any atom is -0.492 e. The summed E-state index contributed by atoms with van der Waals surface area (Å²) in [6.07, 6.45) is 2.88. The molecule has 106 valence electrons. The molecule has 5 heteroatoms. The van der Waals surface area contributed by atoms with E-state index in [-0.39, 0.29) is 5.56 Å². The lowest BCUT2D eigenvalue weighted by atomic mass is 10.0. The number of nitrogens with zero attached hydrogens (tertiary/aromatic N) is 1. The van der Waals surface area contributed by atoms with Crippen LogP contribution in [0.1, 0.15) is 30.6 Å². The summed E-state index contributed by atoms with van der Waals surface area (Å²) < 4.78 is 19.9. The first-order chi connectivity index (χ1) is 9.61. The van der Waals surface area contributed by atoms with Crippen molar-refractivity contribution in [2.24, 2.45) is 0 Å². The molecule has 20 heavy (non-hydrogen) atoms. The van der Waals surface area contributed by atoms with Crippen LogP contribution in [0.3, 0.4) is 0 Å². The van der Waals surface area contributed by atoms with Crippen LogP contribution < -0.4 is 4.74 Å². The molecule has 2 rings (SSSR count). The summed E-state index contributed by atoms with van der Waals surface area (Å²) >= 11 is 3.27. The second-order valence-electron chi connectivity index (χ2n) is 4.37. The second-order valence-corrected chi connectivity index (χ2v) is 5.29. The Bertz CT molecular complexity index is 592. The molecule has 0 fully saturated rings. The van der Waals surface area contributed by atoms with Gasteiger partial charge >= 0.3 is 0 Å². The van der Waals surface area contributed by atoms with Crippen LogP contribution in [0.15, 0.2) is 41.1 Å². The molecule has 1 N–H and O–H groups in total. The van der Waals surface area contributed by atoms with Gasteiger partial charge in [-0.2, -0.15) is 0 Å². The molecule has 3 nitrogen and oxygen atoms in total. The fourth-order valence-electron chi connectivity index (χ4n) is 1.79. The Hall–Kier alpha value is -1.46. The van der Waals surface area contributed by atoms with Crippen molar-refractivity contribution in [1.29, 1.82) is 0 Å². The Morgan fingerprint density at radius 1 is 1.35 bits per heavy atom. The van der Waals surface area contributed by atoms with Crippen molar-refractivity contribution in [1.82, 2.24) is 4.98 Å². The van der Waals surface area contributed by atoms with Crippen LogP contribution in [0.4, 0.5) is 4.39 Å². The summed E-state index contributed by atoms with van der Waals surface area (Å²) in [6.45, 7) is 2.58. The molecule has 1 aromatic heterocycles. The smallest absolute Gasteiger partial charge is 0.137 e. The minimum absolute atomic E-state index is 0.203. The van der Waals surface area contributed by atoms with Crippen molar-refractivity contribution in [3.05, 3.63) is 58.1 Å². The zero-order valence-electron chi connectivity index (χ0n) is 11.0. The van der Waals surface area contributed by atoms with E-state index in [9.17, 15) is 9.50 Å². The lowest BCUT2D eigenvalue weighted by molar-refractivity contribution is 0.213. The maximum Gasteiger partial charge on any atom is 0.137 e. The first kappa shape index (κ1) is 14.9. The van der Waals surface area contributed by atoms with Crippen LogP contribution in [0.25, 0.3) is 0 Å². The van der Waals surface area contributed by atoms with E-state index < -0.39 is 11.9 Å². The van der Waals surface area contributed by atoms with Crippen LogP contribution in [0.2, 0.25) is 0 Å². The van der Waals surface area contributed by atoms with E-state index in [1.54, 1.807) is 24.4 Å². The van der Waals surface area contributed by atoms with Gasteiger partial charge < -0.3 is 9.84 Å². The van der Waals surface area contributed by atoms with Gasteiger partial charge in [-0.05, 0) is 30.7 Å². The number of hydrogen-bond acceptors (Lipinski definition) is 3. The summed E-state index contributed by atoms with van der Waals surface area (Å²) in [4.78, 5) is 4.02. The minimum atomic E-state index is -1.08. The van der Waals surface area contributed by atoms with E-state index in [1.807, 2.05) is 6.92 Å². The van der Waals surface area contributed by atoms with Crippen LogP contribution in [-0.4, -0.2) is 16.7 Å². The molecule has 1 aromatic carbocycles. The van der Waals surface area contributed by atoms with Crippen molar-refractivity contribution in [2.45, 2.75) is 19.4 Å². The maximum atomic E-state index is 13.8. The molecule has 0 bridgehead atoms. The fourth-order valence-corrected chi connectivity index (χ4v) is 2.17. The number of aliphatic hydroxyl groups is 1. The highest BCUT2D eigenvalue weighted by Gasteiger charge is 2.16. The molecule has 0 aliphatic rings. The van der Waals surface area contributed by atoms with Gasteiger partial charge in [0.2, 0.25) is 0 Å². The third kappa shape index (κ3) is 3.55. The molecular formula is C15H15BrFNO2. The van der Waals surface area contributed by atoms with Crippen molar-refractivity contribution < 1.29 is 14.2 Å². The first-order valence-corrected chi connectivity index (χ1v) is 7.12. The number of aliphatic hydroxyl groups excluding tert-OH is 1. The highest BCUT2D eigenvalue weighted by atomic mass is 79.9. The molecule has 1 heterocycles. The van der Waals surface area contributed by atoms with E-state index >= 15 is 0 Å². The molecular weight excluding hydrogens is 325 g/mol. The SMILES string of the molecule is CCCOc1cncc(C(O)c2cc(Br)ccc2F)c1. The Balaban J connectivity index is 2.28. The normalized spacial score (nSPS) is 12.2. The van der Waals surface area contributed by atoms with Gasteiger partial charge in [0.15, 0.2) is 0 Å². The Morgan fingerprint density at radius 3 is 2.90 bits per heavy atom. The van der Waals surface area contributed by atoms with Gasteiger partial charge in [-0.3, -0.25) is 4.98 Å². The number of rotatable bonds is 5. The quantitative estimate of drug-likeness (QED) is 0.899. The summed E-state index contributed by atoms with van der Waals surface area (Å²) in [5.41, 5.74) is 0.699. The van der Waals surface area contributed by atoms with Gasteiger partial charge in [-0.15, -0.1) is 0 Å². The van der Waals surface area contributed by atoms with Crippen LogP contribution >= 0.6 is 15.9 Å². The second kappa shape index (κ2) is 6.81. The van der Waals surface area contributed by atoms with Gasteiger partial charge in [-0.1, -0.05) is 22.9 Å². The van der Waals surface area contributed by atoms with Crippen LogP contribution in [0.5, 0.6) is 5.75 Å². The van der Waals surface area contributed by atoms with E-state index in [0.29, 0.717) is 22.4 Å². The monoisotopic (exact) mass is 339 g/mol. The summed E-state index contributed by atoms with van der Waals surface area (Å²) in [5, 5.41) is 10.3. The average Bonchev–Trinajstić information content (AvgIpc) is 2.47. The topological polar surface area (TPSA) is 42.4 Å². The van der Waals surface area contributed by atoms with Gasteiger partial charge in [0.05, 0.1) is 12.8 Å². The van der Waals surface area contributed by atoms with Crippen molar-refractivity contribution in [2.75, 3.05) is 6.61 Å². The zero-order chi connectivity index (χ0) is 14.5. The fraction of sp³-hybridized carbons (Fsp3) is 0.267. The summed E-state index contributed by atoms with van der Waals surface area (Å²) in [7, 11) is 0. The van der Waals surface area contributed by atoms with Crippen LogP contribution in [0, 0.1) is 5.82 Å². The molecule has 2 aromatic rings.